The molecule has 0 amide bonds. The van der Waals surface area contributed by atoms with Crippen LogP contribution in [0.5, 0.6) is 0 Å². The van der Waals surface area contributed by atoms with Gasteiger partial charge in [-0.25, -0.2) is 13.8 Å². The van der Waals surface area contributed by atoms with Crippen molar-refractivity contribution in [2.24, 2.45) is 5.73 Å². The fourth-order valence-corrected chi connectivity index (χ4v) is 1.26. The van der Waals surface area contributed by atoms with Crippen molar-refractivity contribution in [2.75, 3.05) is 0 Å². The molecule has 2 heterocycles. The zero-order valence-electron chi connectivity index (χ0n) is 7.69. The van der Waals surface area contributed by atoms with E-state index in [-0.39, 0.29) is 6.42 Å². The number of hydrogen-bond donors (Lipinski definition) is 2. The van der Waals surface area contributed by atoms with Crippen LogP contribution in [0.15, 0.2) is 12.3 Å². The zero-order valence-corrected chi connectivity index (χ0v) is 7.69. The van der Waals surface area contributed by atoms with Gasteiger partial charge in [-0.3, -0.25) is 0 Å². The molecule has 0 aliphatic carbocycles. The fourth-order valence-electron chi connectivity index (χ4n) is 1.26. The standard InChI is InChI=1S/C8H9F2N5/c9-7(10)5(11)1-4-2-6-8(12-3-4)14-15-13-6/h2-3,5,7H,1,11H2,(H,12,13,14,15). The largest absolute Gasteiger partial charge is 0.323 e. The van der Waals surface area contributed by atoms with Crippen molar-refractivity contribution in [3.63, 3.8) is 0 Å². The molecule has 1 atom stereocenters. The molecule has 1 unspecified atom stereocenters. The van der Waals surface area contributed by atoms with E-state index in [4.69, 9.17) is 5.73 Å². The van der Waals surface area contributed by atoms with E-state index in [0.717, 1.165) is 0 Å². The molecule has 3 N–H and O–H groups in total. The van der Waals surface area contributed by atoms with E-state index in [0.29, 0.717) is 16.7 Å². The molecule has 0 aliphatic heterocycles. The second-order valence-corrected chi connectivity index (χ2v) is 3.21. The number of rotatable bonds is 3. The van der Waals surface area contributed by atoms with Gasteiger partial charge in [-0.05, 0) is 18.1 Å². The van der Waals surface area contributed by atoms with Crippen LogP contribution >= 0.6 is 0 Å². The highest BCUT2D eigenvalue weighted by Crippen LogP contribution is 2.11. The fraction of sp³-hybridized carbons (Fsp3) is 0.375. The molecule has 0 bridgehead atoms. The van der Waals surface area contributed by atoms with Gasteiger partial charge in [0.25, 0.3) is 6.43 Å². The van der Waals surface area contributed by atoms with E-state index in [1.165, 1.54) is 6.20 Å². The molecule has 5 nitrogen and oxygen atoms in total. The number of aromatic amines is 1. The monoisotopic (exact) mass is 213 g/mol. The number of halogens is 2. The first kappa shape index (κ1) is 9.91. The van der Waals surface area contributed by atoms with Crippen molar-refractivity contribution in [3.05, 3.63) is 17.8 Å². The number of H-pyrrole nitrogens is 1. The van der Waals surface area contributed by atoms with Crippen LogP contribution in [0.4, 0.5) is 8.78 Å². The highest BCUT2D eigenvalue weighted by atomic mass is 19.3. The van der Waals surface area contributed by atoms with E-state index < -0.39 is 12.5 Å². The Labute approximate surface area is 83.7 Å². The minimum Gasteiger partial charge on any atom is -0.323 e. The number of aromatic nitrogens is 4. The summed E-state index contributed by atoms with van der Waals surface area (Å²) < 4.78 is 24.4. The van der Waals surface area contributed by atoms with Gasteiger partial charge in [-0.1, -0.05) is 0 Å². The van der Waals surface area contributed by atoms with Crippen LogP contribution in [0.2, 0.25) is 0 Å². The summed E-state index contributed by atoms with van der Waals surface area (Å²) in [5.74, 6) is 0. The third-order valence-corrected chi connectivity index (χ3v) is 2.03. The summed E-state index contributed by atoms with van der Waals surface area (Å²) in [6.45, 7) is 0. The van der Waals surface area contributed by atoms with Gasteiger partial charge in [-0.15, -0.1) is 5.10 Å². The summed E-state index contributed by atoms with van der Waals surface area (Å²) in [5.41, 5.74) is 6.89. The highest BCUT2D eigenvalue weighted by molar-refractivity contribution is 5.68. The van der Waals surface area contributed by atoms with Gasteiger partial charge in [0.15, 0.2) is 0 Å². The lowest BCUT2D eigenvalue weighted by atomic mass is 10.1. The zero-order chi connectivity index (χ0) is 10.8. The molecule has 0 saturated carbocycles. The Morgan fingerprint density at radius 2 is 2.20 bits per heavy atom. The summed E-state index contributed by atoms with van der Waals surface area (Å²) in [5, 5.41) is 9.95. The molecule has 7 heteroatoms. The van der Waals surface area contributed by atoms with Crippen LogP contribution < -0.4 is 5.73 Å². The number of fused-ring (bicyclic) bond motifs is 1. The quantitative estimate of drug-likeness (QED) is 0.777. The van der Waals surface area contributed by atoms with Crippen LogP contribution in [-0.2, 0) is 6.42 Å². The first-order valence-electron chi connectivity index (χ1n) is 4.36. The highest BCUT2D eigenvalue weighted by Gasteiger charge is 2.16. The number of alkyl halides is 2. The van der Waals surface area contributed by atoms with Crippen LogP contribution in [0, 0.1) is 0 Å². The molecule has 15 heavy (non-hydrogen) atoms. The minimum absolute atomic E-state index is 0.0769. The maximum Gasteiger partial charge on any atom is 0.253 e. The van der Waals surface area contributed by atoms with Crippen LogP contribution in [0.25, 0.3) is 11.2 Å². The summed E-state index contributed by atoms with van der Waals surface area (Å²) in [6, 6.07) is 0.477. The van der Waals surface area contributed by atoms with Gasteiger partial charge in [0, 0.05) is 6.20 Å². The Bertz CT molecular complexity index is 455. The molecule has 0 spiro atoms. The molecule has 0 aromatic carbocycles. The predicted molar refractivity (Wildman–Crippen MR) is 49.4 cm³/mol. The average Bonchev–Trinajstić information content (AvgIpc) is 2.64. The Morgan fingerprint density at radius 3 is 2.93 bits per heavy atom. The Hall–Kier alpha value is -1.63. The van der Waals surface area contributed by atoms with Gasteiger partial charge < -0.3 is 5.73 Å². The van der Waals surface area contributed by atoms with E-state index >= 15 is 0 Å². The van der Waals surface area contributed by atoms with Gasteiger partial charge in [0.05, 0.1) is 6.04 Å². The van der Waals surface area contributed by atoms with Crippen molar-refractivity contribution in [3.8, 4) is 0 Å². The van der Waals surface area contributed by atoms with E-state index in [1.807, 2.05) is 0 Å². The molecular formula is C8H9F2N5. The number of nitrogens with zero attached hydrogens (tertiary/aromatic N) is 3. The molecular weight excluding hydrogens is 204 g/mol. The predicted octanol–water partition coefficient (Wildman–Crippen LogP) is 0.488. The average molecular weight is 213 g/mol. The minimum atomic E-state index is -2.53. The summed E-state index contributed by atoms with van der Waals surface area (Å²) in [7, 11) is 0. The lowest BCUT2D eigenvalue weighted by Gasteiger charge is -2.09. The number of nitrogens with two attached hydrogens (primary N) is 1. The smallest absolute Gasteiger partial charge is 0.253 e. The van der Waals surface area contributed by atoms with Gasteiger partial charge >= 0.3 is 0 Å². The molecule has 80 valence electrons. The third kappa shape index (κ3) is 2.07. The first-order chi connectivity index (χ1) is 7.16. The lowest BCUT2D eigenvalue weighted by Crippen LogP contribution is -2.30. The Morgan fingerprint density at radius 1 is 1.40 bits per heavy atom. The summed E-state index contributed by atoms with van der Waals surface area (Å²) in [4.78, 5) is 3.95. The Kier molecular flexibility index (Phi) is 2.55. The molecule has 2 aromatic rings. The van der Waals surface area contributed by atoms with Gasteiger partial charge in [-0.2, -0.15) is 10.3 Å². The van der Waals surface area contributed by atoms with Crippen molar-refractivity contribution in [2.45, 2.75) is 18.9 Å². The topological polar surface area (TPSA) is 80.5 Å². The normalized spacial score (nSPS) is 13.6. The molecule has 2 aromatic heterocycles. The molecule has 0 radical (unpaired) electrons. The Balaban J connectivity index is 2.21. The summed E-state index contributed by atoms with van der Waals surface area (Å²) in [6.07, 6.45) is -0.974. The number of hydrogen-bond acceptors (Lipinski definition) is 4. The van der Waals surface area contributed by atoms with E-state index in [9.17, 15) is 8.78 Å². The molecule has 0 aliphatic rings. The lowest BCUT2D eigenvalue weighted by molar-refractivity contribution is 0.116. The van der Waals surface area contributed by atoms with Gasteiger partial charge in [0.1, 0.15) is 5.52 Å². The maximum absolute atomic E-state index is 12.2. The molecule has 0 fully saturated rings. The van der Waals surface area contributed by atoms with Crippen molar-refractivity contribution in [1.29, 1.82) is 0 Å². The number of pyridine rings is 1. The molecule has 0 saturated heterocycles. The van der Waals surface area contributed by atoms with Crippen LogP contribution in [0.1, 0.15) is 5.56 Å². The second kappa shape index (κ2) is 3.85. The van der Waals surface area contributed by atoms with Crippen molar-refractivity contribution >= 4 is 11.2 Å². The van der Waals surface area contributed by atoms with Gasteiger partial charge in [0.2, 0.25) is 5.65 Å². The third-order valence-electron chi connectivity index (χ3n) is 2.03. The molecule has 2 rings (SSSR count). The van der Waals surface area contributed by atoms with Crippen LogP contribution in [0.3, 0.4) is 0 Å². The second-order valence-electron chi connectivity index (χ2n) is 3.21. The summed E-state index contributed by atoms with van der Waals surface area (Å²) >= 11 is 0. The van der Waals surface area contributed by atoms with E-state index in [1.54, 1.807) is 6.07 Å². The van der Waals surface area contributed by atoms with Crippen LogP contribution in [-0.4, -0.2) is 32.9 Å². The number of nitrogens with one attached hydrogen (secondary N) is 1. The van der Waals surface area contributed by atoms with Crippen molar-refractivity contribution < 1.29 is 8.78 Å². The van der Waals surface area contributed by atoms with E-state index in [2.05, 4.69) is 20.4 Å². The van der Waals surface area contributed by atoms with Crippen molar-refractivity contribution in [1.82, 2.24) is 20.4 Å². The first-order valence-corrected chi connectivity index (χ1v) is 4.36. The SMILES string of the molecule is NC(Cc1cnc2n[nH]nc2c1)C(F)F. The maximum atomic E-state index is 12.2.